The molecule has 2 heterocycles. The van der Waals surface area contributed by atoms with Crippen LogP contribution in [0.1, 0.15) is 40.7 Å². The molecule has 2 aromatic carbocycles. The summed E-state index contributed by atoms with van der Waals surface area (Å²) in [5, 5.41) is 3.19. The maximum absolute atomic E-state index is 12.9. The van der Waals surface area contributed by atoms with Crippen molar-refractivity contribution in [3.63, 3.8) is 0 Å². The maximum Gasteiger partial charge on any atom is 0.329 e. The molecule has 0 bridgehead atoms. The molecule has 1 amide bonds. The van der Waals surface area contributed by atoms with Crippen molar-refractivity contribution in [2.45, 2.75) is 25.8 Å². The molecule has 0 saturated carbocycles. The van der Waals surface area contributed by atoms with Crippen LogP contribution in [0.25, 0.3) is 11.0 Å². The Balaban J connectivity index is 1.61. The highest BCUT2D eigenvalue weighted by atomic mass is 16.2. The summed E-state index contributed by atoms with van der Waals surface area (Å²) in [5.41, 5.74) is 1.69. The Bertz CT molecular complexity index is 1310. The number of aryl methyl sites for hydroxylation is 1. The number of hydrogen-bond donors (Lipinski definition) is 2. The molecule has 7 heteroatoms. The molecule has 0 fully saturated rings. The lowest BCUT2D eigenvalue weighted by atomic mass is 9.91. The average molecular weight is 428 g/mol. The van der Waals surface area contributed by atoms with E-state index in [1.165, 1.54) is 16.8 Å². The molecule has 0 aliphatic carbocycles. The Morgan fingerprint density at radius 3 is 2.25 bits per heavy atom. The van der Waals surface area contributed by atoms with Gasteiger partial charge in [0.1, 0.15) is 5.65 Å². The third-order valence-electron chi connectivity index (χ3n) is 5.41. The minimum absolute atomic E-state index is 0.0205. The van der Waals surface area contributed by atoms with Crippen LogP contribution in [0, 0.1) is 0 Å². The van der Waals surface area contributed by atoms with Crippen molar-refractivity contribution in [1.82, 2.24) is 19.9 Å². The molecule has 0 radical (unpaired) electrons. The Hall–Kier alpha value is -4.00. The zero-order valence-corrected chi connectivity index (χ0v) is 17.7. The molecule has 2 aromatic heterocycles. The van der Waals surface area contributed by atoms with Gasteiger partial charge >= 0.3 is 5.69 Å². The van der Waals surface area contributed by atoms with Gasteiger partial charge < -0.3 is 5.32 Å². The predicted molar refractivity (Wildman–Crippen MR) is 124 cm³/mol. The van der Waals surface area contributed by atoms with Crippen LogP contribution in [-0.4, -0.2) is 27.0 Å². The fourth-order valence-corrected chi connectivity index (χ4v) is 3.82. The van der Waals surface area contributed by atoms with Crippen molar-refractivity contribution >= 4 is 16.9 Å². The van der Waals surface area contributed by atoms with Gasteiger partial charge in [-0.05, 0) is 23.6 Å². The van der Waals surface area contributed by atoms with E-state index in [1.807, 2.05) is 67.6 Å². The van der Waals surface area contributed by atoms with Crippen LogP contribution in [0.4, 0.5) is 0 Å². The number of pyridine rings is 1. The van der Waals surface area contributed by atoms with Crippen molar-refractivity contribution in [2.75, 3.05) is 6.54 Å². The van der Waals surface area contributed by atoms with Gasteiger partial charge in [-0.3, -0.25) is 19.1 Å². The van der Waals surface area contributed by atoms with Gasteiger partial charge in [0.25, 0.3) is 11.5 Å². The summed E-state index contributed by atoms with van der Waals surface area (Å²) in [7, 11) is 0. The lowest BCUT2D eigenvalue weighted by molar-refractivity contribution is 0.0952. The number of nitrogens with zero attached hydrogens (tertiary/aromatic N) is 2. The highest BCUT2D eigenvalue weighted by molar-refractivity contribution is 5.96. The van der Waals surface area contributed by atoms with Crippen LogP contribution < -0.4 is 16.6 Å². The molecule has 2 N–H and O–H groups in total. The monoisotopic (exact) mass is 428 g/mol. The first-order valence-electron chi connectivity index (χ1n) is 10.6. The van der Waals surface area contributed by atoms with Crippen molar-refractivity contribution < 1.29 is 4.79 Å². The van der Waals surface area contributed by atoms with E-state index in [9.17, 15) is 14.4 Å². The molecule has 0 spiro atoms. The SMILES string of the molecule is CCCn1c(=O)[nH]c(=O)c2cc(C(=O)NCC(c3ccccc3)c3ccccc3)cnc21. The Morgan fingerprint density at radius 1 is 1.03 bits per heavy atom. The van der Waals surface area contributed by atoms with E-state index < -0.39 is 11.2 Å². The number of carbonyl (C=O) groups excluding carboxylic acids is 1. The van der Waals surface area contributed by atoms with Crippen molar-refractivity contribution in [1.29, 1.82) is 0 Å². The van der Waals surface area contributed by atoms with Gasteiger partial charge in [0.15, 0.2) is 0 Å². The predicted octanol–water partition coefficient (Wildman–Crippen LogP) is 3.06. The van der Waals surface area contributed by atoms with Crippen LogP contribution in [0.2, 0.25) is 0 Å². The third kappa shape index (κ3) is 4.37. The third-order valence-corrected chi connectivity index (χ3v) is 5.41. The number of fused-ring (bicyclic) bond motifs is 1. The summed E-state index contributed by atoms with van der Waals surface area (Å²) in [6.07, 6.45) is 2.12. The average Bonchev–Trinajstić information content (AvgIpc) is 2.83. The summed E-state index contributed by atoms with van der Waals surface area (Å²) in [6.45, 7) is 2.75. The number of nitrogens with one attached hydrogen (secondary N) is 2. The second-order valence-electron chi connectivity index (χ2n) is 7.59. The fourth-order valence-electron chi connectivity index (χ4n) is 3.82. The van der Waals surface area contributed by atoms with Crippen LogP contribution in [-0.2, 0) is 6.54 Å². The first kappa shape index (κ1) is 21.2. The lowest BCUT2D eigenvalue weighted by Crippen LogP contribution is -2.32. The maximum atomic E-state index is 12.9. The molecule has 162 valence electrons. The number of aromatic nitrogens is 3. The zero-order valence-electron chi connectivity index (χ0n) is 17.7. The van der Waals surface area contributed by atoms with Crippen molar-refractivity contribution in [3.8, 4) is 0 Å². The quantitative estimate of drug-likeness (QED) is 0.473. The van der Waals surface area contributed by atoms with Crippen LogP contribution in [0.15, 0.2) is 82.5 Å². The second kappa shape index (κ2) is 9.43. The van der Waals surface area contributed by atoms with Crippen molar-refractivity contribution in [2.24, 2.45) is 0 Å². The van der Waals surface area contributed by atoms with Gasteiger partial charge in [-0.25, -0.2) is 9.78 Å². The molecule has 0 aliphatic heterocycles. The van der Waals surface area contributed by atoms with E-state index >= 15 is 0 Å². The normalized spacial score (nSPS) is 11.1. The molecule has 32 heavy (non-hydrogen) atoms. The summed E-state index contributed by atoms with van der Waals surface area (Å²) in [4.78, 5) is 43.9. The highest BCUT2D eigenvalue weighted by Gasteiger charge is 2.17. The number of carbonyl (C=O) groups is 1. The van der Waals surface area contributed by atoms with Crippen LogP contribution in [0.3, 0.4) is 0 Å². The molecule has 7 nitrogen and oxygen atoms in total. The molecule has 0 saturated heterocycles. The first-order valence-corrected chi connectivity index (χ1v) is 10.6. The van der Waals surface area contributed by atoms with Gasteiger partial charge in [-0.15, -0.1) is 0 Å². The number of hydrogen-bond acceptors (Lipinski definition) is 4. The van der Waals surface area contributed by atoms with Gasteiger partial charge in [0.2, 0.25) is 0 Å². The van der Waals surface area contributed by atoms with E-state index in [4.69, 9.17) is 0 Å². The van der Waals surface area contributed by atoms with Crippen LogP contribution in [0.5, 0.6) is 0 Å². The molecule has 4 aromatic rings. The largest absolute Gasteiger partial charge is 0.351 e. The summed E-state index contributed by atoms with van der Waals surface area (Å²) in [5.74, 6) is -0.350. The number of rotatable bonds is 7. The molecular formula is C25H24N4O3. The summed E-state index contributed by atoms with van der Waals surface area (Å²) in [6, 6.07) is 21.4. The summed E-state index contributed by atoms with van der Waals surface area (Å²) >= 11 is 0. The zero-order chi connectivity index (χ0) is 22.5. The minimum atomic E-state index is -0.550. The number of amides is 1. The number of H-pyrrole nitrogens is 1. The molecular weight excluding hydrogens is 404 g/mol. The number of aromatic amines is 1. The molecule has 0 atom stereocenters. The Labute approximate surface area is 184 Å². The van der Waals surface area contributed by atoms with Gasteiger partial charge in [-0.1, -0.05) is 67.6 Å². The van der Waals surface area contributed by atoms with Gasteiger partial charge in [-0.2, -0.15) is 0 Å². The van der Waals surface area contributed by atoms with Gasteiger partial charge in [0.05, 0.1) is 10.9 Å². The standard InChI is InChI=1S/C25H24N4O3/c1-2-13-29-22-20(24(31)28-25(29)32)14-19(15-26-22)23(30)27-16-21(17-9-5-3-6-10-17)18-11-7-4-8-12-18/h3-12,14-15,21H,2,13,16H2,1H3,(H,27,30)(H,28,31,32). The Morgan fingerprint density at radius 2 is 1.66 bits per heavy atom. The topological polar surface area (TPSA) is 96.9 Å². The lowest BCUT2D eigenvalue weighted by Gasteiger charge is -2.19. The van der Waals surface area contributed by atoms with E-state index in [-0.39, 0.29) is 28.4 Å². The highest BCUT2D eigenvalue weighted by Crippen LogP contribution is 2.23. The summed E-state index contributed by atoms with van der Waals surface area (Å²) < 4.78 is 1.42. The molecule has 0 unspecified atom stereocenters. The first-order chi connectivity index (χ1) is 15.6. The van der Waals surface area contributed by atoms with E-state index in [1.54, 1.807) is 0 Å². The fraction of sp³-hybridized carbons (Fsp3) is 0.200. The van der Waals surface area contributed by atoms with Crippen molar-refractivity contribution in [3.05, 3.63) is 110 Å². The number of benzene rings is 2. The van der Waals surface area contributed by atoms with Gasteiger partial charge in [0, 0.05) is 25.2 Å². The van der Waals surface area contributed by atoms with E-state index in [0.717, 1.165) is 11.1 Å². The van der Waals surface area contributed by atoms with E-state index in [0.29, 0.717) is 19.5 Å². The minimum Gasteiger partial charge on any atom is -0.351 e. The van der Waals surface area contributed by atoms with Crippen LogP contribution >= 0.6 is 0 Å². The molecule has 4 rings (SSSR count). The smallest absolute Gasteiger partial charge is 0.329 e. The Kier molecular flexibility index (Phi) is 6.26. The van der Waals surface area contributed by atoms with E-state index in [2.05, 4.69) is 15.3 Å². The second-order valence-corrected chi connectivity index (χ2v) is 7.59. The molecule has 0 aliphatic rings.